The van der Waals surface area contributed by atoms with Gasteiger partial charge in [-0.1, -0.05) is 12.1 Å². The maximum absolute atomic E-state index is 11.6. The van der Waals surface area contributed by atoms with E-state index >= 15 is 0 Å². The minimum absolute atomic E-state index is 0.152. The van der Waals surface area contributed by atoms with Crippen LogP contribution >= 0.6 is 0 Å². The number of benzene rings is 1. The number of fused-ring (bicyclic) bond motifs is 1. The van der Waals surface area contributed by atoms with Crippen LogP contribution in [0.4, 0.5) is 5.69 Å². The number of anilines is 1. The second-order valence-electron chi connectivity index (χ2n) is 4.84. The van der Waals surface area contributed by atoms with Gasteiger partial charge in [0, 0.05) is 19.2 Å². The van der Waals surface area contributed by atoms with Crippen molar-refractivity contribution >= 4 is 11.6 Å². The van der Waals surface area contributed by atoms with Crippen molar-refractivity contribution in [3.05, 3.63) is 29.3 Å². The molecule has 4 heteroatoms. The van der Waals surface area contributed by atoms with Gasteiger partial charge < -0.3 is 4.90 Å². The molecule has 1 aliphatic rings. The van der Waals surface area contributed by atoms with E-state index in [2.05, 4.69) is 6.07 Å². The first kappa shape index (κ1) is 12.6. The van der Waals surface area contributed by atoms with E-state index in [1.54, 1.807) is 11.9 Å². The summed E-state index contributed by atoms with van der Waals surface area (Å²) in [7, 11) is 5.58. The summed E-state index contributed by atoms with van der Waals surface area (Å²) in [6.45, 7) is 0. The van der Waals surface area contributed by atoms with E-state index in [1.165, 1.54) is 0 Å². The first-order valence-electron chi connectivity index (χ1n) is 6.00. The molecule has 0 aliphatic carbocycles. The molecule has 0 N–H and O–H groups in total. The van der Waals surface area contributed by atoms with E-state index in [0.29, 0.717) is 6.42 Å². The third-order valence-electron chi connectivity index (χ3n) is 3.40. The summed E-state index contributed by atoms with van der Waals surface area (Å²) in [6.07, 6.45) is 1.31. The van der Waals surface area contributed by atoms with Crippen LogP contribution in [0.3, 0.4) is 0 Å². The van der Waals surface area contributed by atoms with Gasteiger partial charge >= 0.3 is 0 Å². The van der Waals surface area contributed by atoms with Crippen molar-refractivity contribution in [2.24, 2.45) is 0 Å². The molecule has 1 aromatic rings. The zero-order valence-electron chi connectivity index (χ0n) is 11.0. The third kappa shape index (κ3) is 2.09. The minimum atomic E-state index is -0.238. The zero-order chi connectivity index (χ0) is 13.3. The molecule has 4 nitrogen and oxygen atoms in total. The molecular formula is C14H17N3O. The standard InChI is InChI=1S/C14H17N3O/c1-16(2)13(9-15)11-4-6-12-10(8-11)5-7-14(18)17(12)3/h4,6,8,13H,5,7H2,1-3H3. The Labute approximate surface area is 107 Å². The second kappa shape index (κ2) is 4.79. The molecule has 1 aliphatic heterocycles. The van der Waals surface area contributed by atoms with Crippen molar-refractivity contribution < 1.29 is 4.79 Å². The molecule has 0 fully saturated rings. The van der Waals surface area contributed by atoms with Gasteiger partial charge in [0.2, 0.25) is 5.91 Å². The molecule has 0 bridgehead atoms. The smallest absolute Gasteiger partial charge is 0.227 e. The number of amides is 1. The lowest BCUT2D eigenvalue weighted by Gasteiger charge is -2.27. The normalized spacial score (nSPS) is 16.4. The Kier molecular flexibility index (Phi) is 3.35. The highest BCUT2D eigenvalue weighted by Gasteiger charge is 2.22. The highest BCUT2D eigenvalue weighted by Crippen LogP contribution is 2.30. The average Bonchev–Trinajstić information content (AvgIpc) is 2.34. The summed E-state index contributed by atoms with van der Waals surface area (Å²) < 4.78 is 0. The lowest BCUT2D eigenvalue weighted by atomic mass is 9.96. The molecule has 1 heterocycles. The number of carbonyl (C=O) groups excluding carboxylic acids is 1. The molecule has 0 saturated heterocycles. The number of nitriles is 1. The van der Waals surface area contributed by atoms with Gasteiger partial charge in [-0.05, 0) is 37.7 Å². The van der Waals surface area contributed by atoms with E-state index in [4.69, 9.17) is 0 Å². The summed E-state index contributed by atoms with van der Waals surface area (Å²) in [4.78, 5) is 15.2. The summed E-state index contributed by atoms with van der Waals surface area (Å²) in [6, 6.07) is 7.97. The summed E-state index contributed by atoms with van der Waals surface area (Å²) in [5.41, 5.74) is 3.10. The molecule has 1 atom stereocenters. The molecule has 0 radical (unpaired) electrons. The Bertz CT molecular complexity index is 516. The monoisotopic (exact) mass is 243 g/mol. The average molecular weight is 243 g/mol. The molecular weight excluding hydrogens is 226 g/mol. The minimum Gasteiger partial charge on any atom is -0.315 e. The van der Waals surface area contributed by atoms with Gasteiger partial charge in [0.25, 0.3) is 0 Å². The first-order valence-corrected chi connectivity index (χ1v) is 6.00. The number of carbonyl (C=O) groups is 1. The number of hydrogen-bond acceptors (Lipinski definition) is 3. The SMILES string of the molecule is CN1C(=O)CCc2cc(C(C#N)N(C)C)ccc21. The van der Waals surface area contributed by atoms with Crippen LogP contribution in [0.5, 0.6) is 0 Å². The molecule has 2 rings (SSSR count). The van der Waals surface area contributed by atoms with Crippen LogP contribution in [0, 0.1) is 11.3 Å². The number of nitrogens with zero attached hydrogens (tertiary/aromatic N) is 3. The van der Waals surface area contributed by atoms with Gasteiger partial charge in [0.15, 0.2) is 0 Å². The van der Waals surface area contributed by atoms with Gasteiger partial charge in [0.1, 0.15) is 6.04 Å². The lowest BCUT2D eigenvalue weighted by molar-refractivity contribution is -0.118. The van der Waals surface area contributed by atoms with E-state index in [1.807, 2.05) is 37.2 Å². The summed E-state index contributed by atoms with van der Waals surface area (Å²) in [5.74, 6) is 0.152. The van der Waals surface area contributed by atoms with Crippen LogP contribution < -0.4 is 4.90 Å². The molecule has 1 amide bonds. The number of aryl methyl sites for hydroxylation is 1. The number of rotatable bonds is 2. The quantitative estimate of drug-likeness (QED) is 0.794. The Hall–Kier alpha value is -1.86. The Morgan fingerprint density at radius 2 is 2.11 bits per heavy atom. The fourth-order valence-corrected chi connectivity index (χ4v) is 2.33. The predicted octanol–water partition coefficient (Wildman–Crippen LogP) is 1.72. The van der Waals surface area contributed by atoms with E-state index in [-0.39, 0.29) is 11.9 Å². The maximum Gasteiger partial charge on any atom is 0.227 e. The second-order valence-corrected chi connectivity index (χ2v) is 4.84. The van der Waals surface area contributed by atoms with Crippen LogP contribution in [0.1, 0.15) is 23.6 Å². The van der Waals surface area contributed by atoms with Crippen LogP contribution in [0.25, 0.3) is 0 Å². The van der Waals surface area contributed by atoms with Crippen molar-refractivity contribution in [3.8, 4) is 6.07 Å². The number of hydrogen-bond donors (Lipinski definition) is 0. The Morgan fingerprint density at radius 1 is 1.39 bits per heavy atom. The van der Waals surface area contributed by atoms with Gasteiger partial charge in [-0.15, -0.1) is 0 Å². The van der Waals surface area contributed by atoms with Gasteiger partial charge in [-0.3, -0.25) is 9.69 Å². The summed E-state index contributed by atoms with van der Waals surface area (Å²) in [5, 5.41) is 9.19. The van der Waals surface area contributed by atoms with Crippen molar-refractivity contribution in [2.75, 3.05) is 26.0 Å². The van der Waals surface area contributed by atoms with E-state index in [0.717, 1.165) is 23.2 Å². The van der Waals surface area contributed by atoms with Crippen molar-refractivity contribution in [2.45, 2.75) is 18.9 Å². The lowest BCUT2D eigenvalue weighted by Crippen LogP contribution is -2.31. The van der Waals surface area contributed by atoms with Crippen LogP contribution in [0.15, 0.2) is 18.2 Å². The highest BCUT2D eigenvalue weighted by atomic mass is 16.2. The van der Waals surface area contributed by atoms with Gasteiger partial charge in [-0.2, -0.15) is 5.26 Å². The van der Waals surface area contributed by atoms with E-state index in [9.17, 15) is 10.1 Å². The fraction of sp³-hybridized carbons (Fsp3) is 0.429. The summed E-state index contributed by atoms with van der Waals surface area (Å²) >= 11 is 0. The topological polar surface area (TPSA) is 47.3 Å². The molecule has 18 heavy (non-hydrogen) atoms. The van der Waals surface area contributed by atoms with Crippen molar-refractivity contribution in [1.29, 1.82) is 5.26 Å². The first-order chi connectivity index (χ1) is 8.54. The molecule has 0 spiro atoms. The van der Waals surface area contributed by atoms with Crippen LogP contribution in [0.2, 0.25) is 0 Å². The van der Waals surface area contributed by atoms with Crippen molar-refractivity contribution in [1.82, 2.24) is 4.90 Å². The van der Waals surface area contributed by atoms with Crippen LogP contribution in [-0.2, 0) is 11.2 Å². The third-order valence-corrected chi connectivity index (χ3v) is 3.40. The van der Waals surface area contributed by atoms with Gasteiger partial charge in [0.05, 0.1) is 6.07 Å². The zero-order valence-corrected chi connectivity index (χ0v) is 11.0. The maximum atomic E-state index is 11.6. The highest BCUT2D eigenvalue weighted by molar-refractivity contribution is 5.95. The Balaban J connectivity index is 2.40. The molecule has 0 saturated carbocycles. The predicted molar refractivity (Wildman–Crippen MR) is 70.2 cm³/mol. The van der Waals surface area contributed by atoms with Crippen LogP contribution in [-0.4, -0.2) is 32.0 Å². The van der Waals surface area contributed by atoms with E-state index < -0.39 is 0 Å². The molecule has 0 aromatic heterocycles. The fourth-order valence-electron chi connectivity index (χ4n) is 2.33. The van der Waals surface area contributed by atoms with Crippen molar-refractivity contribution in [3.63, 3.8) is 0 Å². The molecule has 94 valence electrons. The Morgan fingerprint density at radius 3 is 2.72 bits per heavy atom. The largest absolute Gasteiger partial charge is 0.315 e. The molecule has 1 aromatic carbocycles. The van der Waals surface area contributed by atoms with Gasteiger partial charge in [-0.25, -0.2) is 0 Å². The molecule has 1 unspecified atom stereocenters.